The highest BCUT2D eigenvalue weighted by Crippen LogP contribution is 2.45. The number of carboxylic acid groups (broad SMARTS) is 1. The predicted octanol–water partition coefficient (Wildman–Crippen LogP) is 3.12. The topological polar surface area (TPSA) is 40.5 Å². The molecule has 0 saturated heterocycles. The third-order valence-corrected chi connectivity index (χ3v) is 4.55. The van der Waals surface area contributed by atoms with E-state index in [9.17, 15) is 9.90 Å². The lowest BCUT2D eigenvalue weighted by molar-refractivity contribution is -0.141. The molecule has 1 fully saturated rings. The Morgan fingerprint density at radius 1 is 1.32 bits per heavy atom. The van der Waals surface area contributed by atoms with E-state index in [-0.39, 0.29) is 12.0 Å². The Morgan fingerprint density at radius 2 is 2.00 bits per heavy atom. The Morgan fingerprint density at radius 3 is 2.58 bits per heavy atom. The fourth-order valence-electron chi connectivity index (χ4n) is 3.55. The molecule has 2 atom stereocenters. The second-order valence-corrected chi connectivity index (χ2v) is 5.78. The van der Waals surface area contributed by atoms with Gasteiger partial charge in [0.2, 0.25) is 0 Å². The lowest BCUT2D eigenvalue weighted by Crippen LogP contribution is -2.52. The largest absolute Gasteiger partial charge is 0.481 e. The van der Waals surface area contributed by atoms with Crippen LogP contribution in [0.1, 0.15) is 43.6 Å². The number of hydrogen-bond donors (Lipinski definition) is 1. The first-order valence-electron chi connectivity index (χ1n) is 7.00. The molecule has 0 bridgehead atoms. The minimum atomic E-state index is -0.698. The maximum Gasteiger partial charge on any atom is 0.305 e. The van der Waals surface area contributed by atoms with Gasteiger partial charge in [0.25, 0.3) is 0 Å². The molecule has 0 radical (unpaired) electrons. The van der Waals surface area contributed by atoms with E-state index in [4.69, 9.17) is 0 Å². The third kappa shape index (κ3) is 2.81. The SMILES string of the molecule is CN(C)C1(CC(=O)O)CCCCC1c1ccccc1. The summed E-state index contributed by atoms with van der Waals surface area (Å²) in [6.45, 7) is 0. The molecule has 1 N–H and O–H groups in total. The van der Waals surface area contributed by atoms with Gasteiger partial charge in [-0.3, -0.25) is 4.79 Å². The van der Waals surface area contributed by atoms with Crippen LogP contribution in [0.4, 0.5) is 0 Å². The van der Waals surface area contributed by atoms with Crippen LogP contribution in [0.5, 0.6) is 0 Å². The molecular weight excluding hydrogens is 238 g/mol. The van der Waals surface area contributed by atoms with E-state index in [1.165, 1.54) is 12.0 Å². The number of aliphatic carboxylic acids is 1. The number of benzene rings is 1. The Kier molecular flexibility index (Phi) is 4.25. The van der Waals surface area contributed by atoms with Crippen molar-refractivity contribution in [3.8, 4) is 0 Å². The van der Waals surface area contributed by atoms with E-state index in [1.54, 1.807) is 0 Å². The third-order valence-electron chi connectivity index (χ3n) is 4.55. The summed E-state index contributed by atoms with van der Waals surface area (Å²) in [5.74, 6) is -0.384. The monoisotopic (exact) mass is 261 g/mol. The summed E-state index contributed by atoms with van der Waals surface area (Å²) in [4.78, 5) is 13.5. The van der Waals surface area contributed by atoms with Crippen LogP contribution in [0, 0.1) is 0 Å². The molecule has 3 nitrogen and oxygen atoms in total. The van der Waals surface area contributed by atoms with Crippen molar-refractivity contribution in [2.24, 2.45) is 0 Å². The van der Waals surface area contributed by atoms with Crippen LogP contribution in [0.25, 0.3) is 0 Å². The van der Waals surface area contributed by atoms with E-state index in [0.717, 1.165) is 19.3 Å². The van der Waals surface area contributed by atoms with Gasteiger partial charge in [-0.15, -0.1) is 0 Å². The smallest absolute Gasteiger partial charge is 0.305 e. The zero-order valence-electron chi connectivity index (χ0n) is 11.8. The average Bonchev–Trinajstić information content (AvgIpc) is 2.39. The van der Waals surface area contributed by atoms with Crippen molar-refractivity contribution >= 4 is 5.97 Å². The van der Waals surface area contributed by atoms with Gasteiger partial charge < -0.3 is 10.0 Å². The summed E-state index contributed by atoms with van der Waals surface area (Å²) in [5, 5.41) is 9.32. The number of carboxylic acids is 1. The molecule has 3 heteroatoms. The van der Waals surface area contributed by atoms with Gasteiger partial charge in [0.1, 0.15) is 0 Å². The summed E-state index contributed by atoms with van der Waals surface area (Å²) in [5.41, 5.74) is 1.03. The quantitative estimate of drug-likeness (QED) is 0.905. The number of rotatable bonds is 4. The van der Waals surface area contributed by atoms with E-state index in [0.29, 0.717) is 5.92 Å². The molecule has 104 valence electrons. The first-order chi connectivity index (χ1) is 9.06. The van der Waals surface area contributed by atoms with E-state index >= 15 is 0 Å². The fourth-order valence-corrected chi connectivity index (χ4v) is 3.55. The molecule has 0 aliphatic heterocycles. The van der Waals surface area contributed by atoms with E-state index in [2.05, 4.69) is 17.0 Å². The van der Waals surface area contributed by atoms with Crippen LogP contribution in [0.2, 0.25) is 0 Å². The molecule has 2 rings (SSSR count). The Hall–Kier alpha value is -1.35. The maximum atomic E-state index is 11.3. The van der Waals surface area contributed by atoms with E-state index < -0.39 is 5.97 Å². The van der Waals surface area contributed by atoms with Crippen LogP contribution in [-0.2, 0) is 4.79 Å². The first-order valence-corrected chi connectivity index (χ1v) is 7.00. The minimum absolute atomic E-state index is 0.222. The zero-order chi connectivity index (χ0) is 13.9. The van der Waals surface area contributed by atoms with Gasteiger partial charge in [-0.05, 0) is 32.5 Å². The second kappa shape index (κ2) is 5.74. The predicted molar refractivity (Wildman–Crippen MR) is 76.3 cm³/mol. The molecular formula is C16H23NO2. The minimum Gasteiger partial charge on any atom is -0.481 e. The molecule has 0 heterocycles. The second-order valence-electron chi connectivity index (χ2n) is 5.78. The number of hydrogen-bond acceptors (Lipinski definition) is 2. The molecule has 1 aliphatic carbocycles. The maximum absolute atomic E-state index is 11.3. The van der Waals surface area contributed by atoms with Crippen molar-refractivity contribution < 1.29 is 9.90 Å². The van der Waals surface area contributed by atoms with Crippen molar-refractivity contribution in [2.45, 2.75) is 43.6 Å². The Labute approximate surface area is 115 Å². The summed E-state index contributed by atoms with van der Waals surface area (Å²) in [6.07, 6.45) is 4.57. The van der Waals surface area contributed by atoms with Gasteiger partial charge in [0, 0.05) is 11.5 Å². The molecule has 2 unspecified atom stereocenters. The van der Waals surface area contributed by atoms with Crippen molar-refractivity contribution in [2.75, 3.05) is 14.1 Å². The standard InChI is InChI=1S/C16H23NO2/c1-17(2)16(12-15(18)19)11-7-6-10-14(16)13-8-4-3-5-9-13/h3-5,8-9,14H,6-7,10-12H2,1-2H3,(H,18,19). The van der Waals surface area contributed by atoms with Gasteiger partial charge in [-0.2, -0.15) is 0 Å². The van der Waals surface area contributed by atoms with Crippen LogP contribution in [0.3, 0.4) is 0 Å². The summed E-state index contributed by atoms with van der Waals surface area (Å²) in [6, 6.07) is 10.4. The Balaban J connectivity index is 2.39. The molecule has 1 aromatic rings. The average molecular weight is 261 g/mol. The molecule has 1 aliphatic rings. The number of carbonyl (C=O) groups is 1. The molecule has 1 saturated carbocycles. The highest BCUT2D eigenvalue weighted by Gasteiger charge is 2.44. The van der Waals surface area contributed by atoms with Crippen molar-refractivity contribution in [1.29, 1.82) is 0 Å². The molecule has 0 aromatic heterocycles. The lowest BCUT2D eigenvalue weighted by atomic mass is 9.67. The lowest BCUT2D eigenvalue weighted by Gasteiger charge is -2.48. The van der Waals surface area contributed by atoms with Crippen molar-refractivity contribution in [3.05, 3.63) is 35.9 Å². The van der Waals surface area contributed by atoms with Crippen LogP contribution >= 0.6 is 0 Å². The van der Waals surface area contributed by atoms with Crippen LogP contribution < -0.4 is 0 Å². The van der Waals surface area contributed by atoms with Gasteiger partial charge in [0.05, 0.1) is 6.42 Å². The first kappa shape index (κ1) is 14.1. The molecule has 0 spiro atoms. The van der Waals surface area contributed by atoms with Gasteiger partial charge in [-0.1, -0.05) is 43.2 Å². The van der Waals surface area contributed by atoms with Crippen LogP contribution in [0.15, 0.2) is 30.3 Å². The summed E-state index contributed by atoms with van der Waals surface area (Å²) in [7, 11) is 4.04. The highest BCUT2D eigenvalue weighted by atomic mass is 16.4. The Bertz CT molecular complexity index is 430. The molecule has 0 amide bonds. The molecule has 1 aromatic carbocycles. The van der Waals surface area contributed by atoms with Gasteiger partial charge in [-0.25, -0.2) is 0 Å². The van der Waals surface area contributed by atoms with Gasteiger partial charge in [0.15, 0.2) is 0 Å². The normalized spacial score (nSPS) is 27.4. The highest BCUT2D eigenvalue weighted by molar-refractivity contribution is 5.69. The summed E-state index contributed by atoms with van der Waals surface area (Å²) < 4.78 is 0. The number of nitrogens with zero attached hydrogens (tertiary/aromatic N) is 1. The van der Waals surface area contributed by atoms with Gasteiger partial charge >= 0.3 is 5.97 Å². The zero-order valence-corrected chi connectivity index (χ0v) is 11.8. The van der Waals surface area contributed by atoms with Crippen molar-refractivity contribution in [1.82, 2.24) is 4.90 Å². The van der Waals surface area contributed by atoms with Crippen molar-refractivity contribution in [3.63, 3.8) is 0 Å². The summed E-state index contributed by atoms with van der Waals surface area (Å²) >= 11 is 0. The fraction of sp³-hybridized carbons (Fsp3) is 0.562. The molecule has 19 heavy (non-hydrogen) atoms. The van der Waals surface area contributed by atoms with E-state index in [1.807, 2.05) is 32.3 Å². The number of likely N-dealkylation sites (N-methyl/N-ethyl adjacent to an activating group) is 1. The van der Waals surface area contributed by atoms with Crippen LogP contribution in [-0.4, -0.2) is 35.6 Å².